The van der Waals surface area contributed by atoms with Crippen LogP contribution < -0.4 is 10.1 Å². The van der Waals surface area contributed by atoms with Gasteiger partial charge in [-0.05, 0) is 43.0 Å². The highest BCUT2D eigenvalue weighted by atomic mass is 16.5. The highest BCUT2D eigenvalue weighted by molar-refractivity contribution is 5.40. The number of nitrogens with one attached hydrogen (secondary N) is 1. The van der Waals surface area contributed by atoms with Gasteiger partial charge in [0.05, 0.1) is 24.9 Å². The summed E-state index contributed by atoms with van der Waals surface area (Å²) < 4.78 is 7.47. The molecule has 23 heavy (non-hydrogen) atoms. The number of aliphatic hydroxyl groups excluding tert-OH is 1. The molecule has 1 unspecified atom stereocenters. The van der Waals surface area contributed by atoms with Crippen molar-refractivity contribution >= 4 is 0 Å². The van der Waals surface area contributed by atoms with E-state index in [1.54, 1.807) is 0 Å². The molecule has 2 N–H and O–H groups in total. The van der Waals surface area contributed by atoms with E-state index < -0.39 is 0 Å². The summed E-state index contributed by atoms with van der Waals surface area (Å²) in [5.41, 5.74) is 3.68. The number of aromatic nitrogens is 2. The van der Waals surface area contributed by atoms with Crippen LogP contribution in [0.15, 0.2) is 30.6 Å². The molecule has 1 fully saturated rings. The third-order valence-electron chi connectivity index (χ3n) is 5.02. The molecule has 2 aliphatic rings. The van der Waals surface area contributed by atoms with E-state index in [0.717, 1.165) is 30.8 Å². The minimum Gasteiger partial charge on any atom is -0.493 e. The number of ether oxygens (including phenoxy) is 1. The van der Waals surface area contributed by atoms with Gasteiger partial charge in [-0.1, -0.05) is 12.1 Å². The number of hydrogen-bond donors (Lipinski definition) is 2. The number of rotatable bonds is 4. The van der Waals surface area contributed by atoms with E-state index >= 15 is 0 Å². The fourth-order valence-corrected chi connectivity index (χ4v) is 3.63. The molecule has 2 aromatic rings. The zero-order valence-corrected chi connectivity index (χ0v) is 13.6. The number of aryl methyl sites for hydroxylation is 1. The molecule has 122 valence electrons. The fraction of sp³-hybridized carbons (Fsp3) is 0.500. The fourth-order valence-electron chi connectivity index (χ4n) is 3.63. The molecular formula is C18H23N3O2. The lowest BCUT2D eigenvalue weighted by Crippen LogP contribution is -2.55. The average Bonchev–Trinajstić information content (AvgIpc) is 3.14. The van der Waals surface area contributed by atoms with Crippen molar-refractivity contribution in [1.29, 1.82) is 0 Å². The van der Waals surface area contributed by atoms with Gasteiger partial charge < -0.3 is 15.2 Å². The van der Waals surface area contributed by atoms with Gasteiger partial charge in [0.1, 0.15) is 5.75 Å². The summed E-state index contributed by atoms with van der Waals surface area (Å²) >= 11 is 0. The van der Waals surface area contributed by atoms with E-state index in [1.165, 1.54) is 11.1 Å². The van der Waals surface area contributed by atoms with E-state index in [9.17, 15) is 5.11 Å². The molecule has 0 spiro atoms. The van der Waals surface area contributed by atoms with Gasteiger partial charge in [0.2, 0.25) is 0 Å². The van der Waals surface area contributed by atoms with Gasteiger partial charge in [-0.2, -0.15) is 5.10 Å². The smallest absolute Gasteiger partial charge is 0.122 e. The third kappa shape index (κ3) is 2.64. The second-order valence-corrected chi connectivity index (χ2v) is 6.75. The first kappa shape index (κ1) is 14.7. The van der Waals surface area contributed by atoms with Gasteiger partial charge >= 0.3 is 0 Å². The van der Waals surface area contributed by atoms with Crippen LogP contribution in [0.3, 0.4) is 0 Å². The van der Waals surface area contributed by atoms with E-state index in [-0.39, 0.29) is 24.2 Å². The number of fused-ring (bicyclic) bond motifs is 1. The van der Waals surface area contributed by atoms with Crippen LogP contribution in [0, 0.1) is 6.92 Å². The Kier molecular flexibility index (Phi) is 3.62. The van der Waals surface area contributed by atoms with Gasteiger partial charge in [-0.15, -0.1) is 0 Å². The van der Waals surface area contributed by atoms with Crippen LogP contribution in [-0.4, -0.2) is 33.6 Å². The summed E-state index contributed by atoms with van der Waals surface area (Å²) in [6, 6.07) is 6.93. The highest BCUT2D eigenvalue weighted by Gasteiger charge is 2.42. The van der Waals surface area contributed by atoms with Gasteiger partial charge in [0.15, 0.2) is 0 Å². The van der Waals surface area contributed by atoms with Crippen molar-refractivity contribution in [3.05, 3.63) is 47.3 Å². The molecular weight excluding hydrogens is 290 g/mol. The van der Waals surface area contributed by atoms with Crippen molar-refractivity contribution in [3.63, 3.8) is 0 Å². The Hall–Kier alpha value is -1.85. The summed E-state index contributed by atoms with van der Waals surface area (Å²) in [5.74, 6) is 1.02. The molecule has 0 radical (unpaired) electrons. The monoisotopic (exact) mass is 313 g/mol. The van der Waals surface area contributed by atoms with Crippen molar-refractivity contribution in [2.24, 2.45) is 0 Å². The average molecular weight is 313 g/mol. The van der Waals surface area contributed by atoms with E-state index in [0.29, 0.717) is 0 Å². The summed E-state index contributed by atoms with van der Waals surface area (Å²) in [5, 5.41) is 18.1. The minimum atomic E-state index is -0.326. The Morgan fingerprint density at radius 2 is 2.30 bits per heavy atom. The first-order valence-electron chi connectivity index (χ1n) is 8.32. The van der Waals surface area contributed by atoms with Crippen LogP contribution in [0.5, 0.6) is 5.75 Å². The molecule has 4 rings (SSSR count). The van der Waals surface area contributed by atoms with Gasteiger partial charge in [0, 0.05) is 24.7 Å². The van der Waals surface area contributed by atoms with Crippen LogP contribution in [0.25, 0.3) is 0 Å². The largest absolute Gasteiger partial charge is 0.493 e. The molecule has 1 aromatic heterocycles. The normalized spacial score (nSPS) is 27.2. The van der Waals surface area contributed by atoms with E-state index in [2.05, 4.69) is 35.5 Å². The quantitative estimate of drug-likeness (QED) is 0.908. The molecule has 1 aliphatic carbocycles. The number of hydrogen-bond acceptors (Lipinski definition) is 4. The zero-order chi connectivity index (χ0) is 16.0. The topological polar surface area (TPSA) is 59.3 Å². The van der Waals surface area contributed by atoms with Crippen molar-refractivity contribution in [2.75, 3.05) is 6.61 Å². The van der Waals surface area contributed by atoms with Crippen LogP contribution >= 0.6 is 0 Å². The van der Waals surface area contributed by atoms with Gasteiger partial charge in [0.25, 0.3) is 0 Å². The molecule has 4 atom stereocenters. The highest BCUT2D eigenvalue weighted by Crippen LogP contribution is 2.35. The number of nitrogens with zero attached hydrogens (tertiary/aromatic N) is 2. The van der Waals surface area contributed by atoms with Crippen molar-refractivity contribution in [2.45, 2.75) is 50.9 Å². The Morgan fingerprint density at radius 3 is 3.04 bits per heavy atom. The molecule has 0 amide bonds. The SMILES string of the molecule is Cc1cnn([C@H]2[C@H](O)C[C@@H]2NC(C)c2ccc3c(c2)CCO3)c1. The Bertz CT molecular complexity index is 712. The van der Waals surface area contributed by atoms with Crippen LogP contribution in [0.4, 0.5) is 0 Å². The lowest BCUT2D eigenvalue weighted by Gasteiger charge is -2.43. The van der Waals surface area contributed by atoms with Crippen molar-refractivity contribution in [3.8, 4) is 5.75 Å². The Morgan fingerprint density at radius 1 is 1.43 bits per heavy atom. The second-order valence-electron chi connectivity index (χ2n) is 6.75. The zero-order valence-electron chi connectivity index (χ0n) is 13.6. The summed E-state index contributed by atoms with van der Waals surface area (Å²) in [7, 11) is 0. The molecule has 1 aromatic carbocycles. The molecule has 2 heterocycles. The maximum Gasteiger partial charge on any atom is 0.122 e. The summed E-state index contributed by atoms with van der Waals surface area (Å²) in [4.78, 5) is 0. The van der Waals surface area contributed by atoms with Crippen molar-refractivity contribution in [1.82, 2.24) is 15.1 Å². The van der Waals surface area contributed by atoms with Crippen LogP contribution in [0.2, 0.25) is 0 Å². The first-order valence-corrected chi connectivity index (χ1v) is 8.32. The van der Waals surface area contributed by atoms with Crippen molar-refractivity contribution < 1.29 is 9.84 Å². The van der Waals surface area contributed by atoms with Gasteiger partial charge in [-0.3, -0.25) is 4.68 Å². The molecule has 5 heteroatoms. The predicted molar refractivity (Wildman–Crippen MR) is 87.6 cm³/mol. The maximum absolute atomic E-state index is 10.1. The predicted octanol–water partition coefficient (Wildman–Crippen LogP) is 2.15. The Balaban J connectivity index is 1.47. The third-order valence-corrected chi connectivity index (χ3v) is 5.02. The van der Waals surface area contributed by atoms with Crippen LogP contribution in [0.1, 0.15) is 42.1 Å². The standard InChI is InChI=1S/C18H23N3O2/c1-11-9-19-21(10-11)18-15(8-16(18)22)20-12(2)13-3-4-17-14(7-13)5-6-23-17/h3-4,7,9-10,12,15-16,18,20,22H,5-6,8H2,1-2H3/t12?,15-,16+,18+/m0/s1. The molecule has 1 aliphatic heterocycles. The first-order chi connectivity index (χ1) is 11.1. The van der Waals surface area contributed by atoms with Gasteiger partial charge in [-0.25, -0.2) is 0 Å². The minimum absolute atomic E-state index is 0.0175. The Labute approximate surface area is 136 Å². The summed E-state index contributed by atoms with van der Waals surface area (Å²) in [6.45, 7) is 4.98. The number of aliphatic hydroxyl groups is 1. The lowest BCUT2D eigenvalue weighted by molar-refractivity contribution is -0.0111. The summed E-state index contributed by atoms with van der Waals surface area (Å²) in [6.07, 6.45) is 5.27. The van der Waals surface area contributed by atoms with E-state index in [1.807, 2.05) is 24.0 Å². The molecule has 1 saturated carbocycles. The number of benzene rings is 1. The molecule has 5 nitrogen and oxygen atoms in total. The maximum atomic E-state index is 10.1. The van der Waals surface area contributed by atoms with Crippen LogP contribution in [-0.2, 0) is 6.42 Å². The van der Waals surface area contributed by atoms with E-state index in [4.69, 9.17) is 4.74 Å². The lowest BCUT2D eigenvalue weighted by atomic mass is 9.82. The second kappa shape index (κ2) is 5.65. The molecule has 0 saturated heterocycles. The molecule has 0 bridgehead atoms.